The van der Waals surface area contributed by atoms with Crippen molar-refractivity contribution in [3.63, 3.8) is 0 Å². The highest BCUT2D eigenvalue weighted by atomic mass is 15.0. The molecule has 0 spiro atoms. The van der Waals surface area contributed by atoms with Gasteiger partial charge in [-0.05, 0) is 52.2 Å². The van der Waals surface area contributed by atoms with E-state index >= 15 is 0 Å². The Labute approximate surface area is 273 Å². The van der Waals surface area contributed by atoms with Gasteiger partial charge in [0, 0.05) is 33.2 Å². The van der Waals surface area contributed by atoms with E-state index < -0.39 is 0 Å². The highest BCUT2D eigenvalue weighted by Gasteiger charge is 2.15. The summed E-state index contributed by atoms with van der Waals surface area (Å²) in [6, 6.07) is 62.0. The highest BCUT2D eigenvalue weighted by Crippen LogP contribution is 2.35. The Balaban J connectivity index is 1.23. The minimum atomic E-state index is 0.712. The molecule has 2 aromatic heterocycles. The number of rotatable bonds is 5. The number of hydrogen-bond acceptors (Lipinski definition) is 2. The lowest BCUT2D eigenvalue weighted by Crippen LogP contribution is -1.98. The molecule has 0 saturated carbocycles. The summed E-state index contributed by atoms with van der Waals surface area (Å²) in [5.74, 6) is 0.712. The summed E-state index contributed by atoms with van der Waals surface area (Å²) in [6.07, 6.45) is 0. The third-order valence-corrected chi connectivity index (χ3v) is 9.02. The van der Waals surface area contributed by atoms with Gasteiger partial charge in [-0.1, -0.05) is 146 Å². The van der Waals surface area contributed by atoms with Gasteiger partial charge in [0.1, 0.15) is 0 Å². The molecule has 9 aromatic rings. The molecule has 47 heavy (non-hydrogen) atoms. The summed E-state index contributed by atoms with van der Waals surface area (Å²) < 4.78 is 2.35. The first-order valence-electron chi connectivity index (χ1n) is 15.9. The maximum Gasteiger partial charge on any atom is 0.161 e. The fourth-order valence-corrected chi connectivity index (χ4v) is 6.75. The van der Waals surface area contributed by atoms with Crippen molar-refractivity contribution in [1.82, 2.24) is 14.5 Å². The molecule has 0 N–H and O–H groups in total. The largest absolute Gasteiger partial charge is 0.309 e. The van der Waals surface area contributed by atoms with Crippen LogP contribution in [-0.4, -0.2) is 14.5 Å². The van der Waals surface area contributed by atoms with Crippen molar-refractivity contribution in [2.45, 2.75) is 0 Å². The standard InChI is InChI=1S/C44H29N3/c1-2-12-30(13-3-1)31-24-26-33(27-25-31)40-29-41(46-44(45-40)39-21-11-15-32-14-4-5-18-36(32)39)34-16-10-17-35(28-34)47-42-22-8-6-19-37(42)38-20-7-9-23-43(38)47/h1-29H. The first-order valence-corrected chi connectivity index (χ1v) is 15.9. The fraction of sp³-hybridized carbons (Fsp3) is 0. The lowest BCUT2D eigenvalue weighted by atomic mass is 10.0. The van der Waals surface area contributed by atoms with Crippen molar-refractivity contribution in [3.8, 4) is 50.7 Å². The Hall–Kier alpha value is -6.32. The minimum absolute atomic E-state index is 0.712. The molecule has 0 fully saturated rings. The zero-order valence-corrected chi connectivity index (χ0v) is 25.6. The van der Waals surface area contributed by atoms with E-state index in [1.54, 1.807) is 0 Å². The van der Waals surface area contributed by atoms with Crippen molar-refractivity contribution >= 4 is 32.6 Å². The van der Waals surface area contributed by atoms with Gasteiger partial charge >= 0.3 is 0 Å². The Morgan fingerprint density at radius 2 is 0.894 bits per heavy atom. The molecule has 0 radical (unpaired) electrons. The van der Waals surface area contributed by atoms with E-state index in [0.717, 1.165) is 39.2 Å². The second kappa shape index (κ2) is 11.2. The van der Waals surface area contributed by atoms with Gasteiger partial charge in [-0.3, -0.25) is 0 Å². The molecule has 2 heterocycles. The normalized spacial score (nSPS) is 11.4. The van der Waals surface area contributed by atoms with E-state index in [9.17, 15) is 0 Å². The molecule has 0 aliphatic heterocycles. The molecular weight excluding hydrogens is 571 g/mol. The van der Waals surface area contributed by atoms with Crippen LogP contribution in [0.5, 0.6) is 0 Å². The average Bonchev–Trinajstić information content (AvgIpc) is 3.49. The number of aromatic nitrogens is 3. The zero-order valence-electron chi connectivity index (χ0n) is 25.6. The van der Waals surface area contributed by atoms with Gasteiger partial charge in [-0.15, -0.1) is 0 Å². The maximum absolute atomic E-state index is 5.24. The zero-order chi connectivity index (χ0) is 31.2. The Morgan fingerprint density at radius 1 is 0.362 bits per heavy atom. The molecule has 0 amide bonds. The molecular formula is C44H29N3. The molecule has 220 valence electrons. The molecule has 9 rings (SSSR count). The van der Waals surface area contributed by atoms with Crippen LogP contribution in [0.2, 0.25) is 0 Å². The van der Waals surface area contributed by atoms with Crippen molar-refractivity contribution < 1.29 is 0 Å². The average molecular weight is 600 g/mol. The second-order valence-electron chi connectivity index (χ2n) is 11.9. The summed E-state index contributed by atoms with van der Waals surface area (Å²) >= 11 is 0. The van der Waals surface area contributed by atoms with Crippen LogP contribution in [0.15, 0.2) is 176 Å². The van der Waals surface area contributed by atoms with Gasteiger partial charge < -0.3 is 4.57 Å². The van der Waals surface area contributed by atoms with Crippen LogP contribution in [0.1, 0.15) is 0 Å². The van der Waals surface area contributed by atoms with Crippen LogP contribution in [0.4, 0.5) is 0 Å². The first-order chi connectivity index (χ1) is 23.3. The molecule has 0 atom stereocenters. The van der Waals surface area contributed by atoms with E-state index in [2.05, 4.69) is 174 Å². The molecule has 0 bridgehead atoms. The van der Waals surface area contributed by atoms with E-state index in [1.165, 1.54) is 38.3 Å². The predicted octanol–water partition coefficient (Wildman–Crippen LogP) is 11.4. The third-order valence-electron chi connectivity index (χ3n) is 9.02. The monoisotopic (exact) mass is 599 g/mol. The maximum atomic E-state index is 5.24. The van der Waals surface area contributed by atoms with Gasteiger partial charge in [-0.25, -0.2) is 9.97 Å². The summed E-state index contributed by atoms with van der Waals surface area (Å²) in [7, 11) is 0. The molecule has 0 aliphatic carbocycles. The Bertz CT molecular complexity index is 2500. The third kappa shape index (κ3) is 4.77. The number of hydrogen-bond donors (Lipinski definition) is 0. The quantitative estimate of drug-likeness (QED) is 0.197. The van der Waals surface area contributed by atoms with Gasteiger partial charge in [0.05, 0.1) is 22.4 Å². The van der Waals surface area contributed by atoms with Crippen LogP contribution in [-0.2, 0) is 0 Å². The molecule has 3 heteroatoms. The molecule has 0 aliphatic rings. The first kappa shape index (κ1) is 27.0. The summed E-state index contributed by atoms with van der Waals surface area (Å²) in [5.41, 5.74) is 10.7. The fourth-order valence-electron chi connectivity index (χ4n) is 6.75. The van der Waals surface area contributed by atoms with Gasteiger partial charge in [0.15, 0.2) is 5.82 Å². The van der Waals surface area contributed by atoms with Gasteiger partial charge in [-0.2, -0.15) is 0 Å². The van der Waals surface area contributed by atoms with Crippen molar-refractivity contribution in [3.05, 3.63) is 176 Å². The Kier molecular flexibility index (Phi) is 6.46. The van der Waals surface area contributed by atoms with Gasteiger partial charge in [0.2, 0.25) is 0 Å². The molecule has 7 aromatic carbocycles. The van der Waals surface area contributed by atoms with Crippen molar-refractivity contribution in [2.24, 2.45) is 0 Å². The van der Waals surface area contributed by atoms with Crippen LogP contribution in [0, 0.1) is 0 Å². The van der Waals surface area contributed by atoms with E-state index in [-0.39, 0.29) is 0 Å². The second-order valence-corrected chi connectivity index (χ2v) is 11.9. The topological polar surface area (TPSA) is 30.7 Å². The summed E-state index contributed by atoms with van der Waals surface area (Å²) in [6.45, 7) is 0. The molecule has 0 unspecified atom stereocenters. The van der Waals surface area contributed by atoms with Crippen molar-refractivity contribution in [2.75, 3.05) is 0 Å². The number of nitrogens with zero attached hydrogens (tertiary/aromatic N) is 3. The van der Waals surface area contributed by atoms with E-state index in [1.807, 2.05) is 6.07 Å². The summed E-state index contributed by atoms with van der Waals surface area (Å²) in [4.78, 5) is 10.4. The smallest absolute Gasteiger partial charge is 0.161 e. The minimum Gasteiger partial charge on any atom is -0.309 e. The lowest BCUT2D eigenvalue weighted by molar-refractivity contribution is 1.17. The highest BCUT2D eigenvalue weighted by molar-refractivity contribution is 6.09. The number of benzene rings is 7. The van der Waals surface area contributed by atoms with Crippen molar-refractivity contribution in [1.29, 1.82) is 0 Å². The lowest BCUT2D eigenvalue weighted by Gasteiger charge is -2.13. The van der Waals surface area contributed by atoms with Crippen LogP contribution < -0.4 is 0 Å². The van der Waals surface area contributed by atoms with Crippen LogP contribution in [0.3, 0.4) is 0 Å². The molecule has 0 saturated heterocycles. The van der Waals surface area contributed by atoms with Crippen LogP contribution >= 0.6 is 0 Å². The van der Waals surface area contributed by atoms with E-state index in [0.29, 0.717) is 5.82 Å². The number of fused-ring (bicyclic) bond motifs is 4. The predicted molar refractivity (Wildman–Crippen MR) is 196 cm³/mol. The SMILES string of the molecule is c1ccc(-c2ccc(-c3cc(-c4cccc(-n5c6ccccc6c6ccccc65)c4)nc(-c4cccc5ccccc45)n3)cc2)cc1. The van der Waals surface area contributed by atoms with Crippen LogP contribution in [0.25, 0.3) is 83.3 Å². The molecule has 3 nitrogen and oxygen atoms in total. The number of para-hydroxylation sites is 2. The van der Waals surface area contributed by atoms with Gasteiger partial charge in [0.25, 0.3) is 0 Å². The summed E-state index contributed by atoms with van der Waals surface area (Å²) in [5, 5.41) is 4.79. The van der Waals surface area contributed by atoms with E-state index in [4.69, 9.17) is 9.97 Å². The Morgan fingerprint density at radius 3 is 1.64 bits per heavy atom.